The van der Waals surface area contributed by atoms with E-state index in [-0.39, 0.29) is 43.2 Å². The van der Waals surface area contributed by atoms with Gasteiger partial charge in [-0.15, -0.1) is 0 Å². The Bertz CT molecular complexity index is 1390. The van der Waals surface area contributed by atoms with Gasteiger partial charge < -0.3 is 53.7 Å². The molecular weight excluding hydrogens is 762 g/mol. The Kier molecular flexibility index (Phi) is 23.5. The van der Waals surface area contributed by atoms with Crippen LogP contribution in [0.3, 0.4) is 0 Å². The Hall–Kier alpha value is -2.79. The molecule has 0 saturated carbocycles. The minimum atomic E-state index is -1.23. The number of allylic oxidation sites excluding steroid dienone is 2. The second-order valence-corrected chi connectivity index (χ2v) is 16.7. The number of methoxy groups -OCH3 is 4. The Morgan fingerprint density at radius 1 is 1.00 bits per heavy atom. The van der Waals surface area contributed by atoms with Gasteiger partial charge in [0.2, 0.25) is 6.41 Å². The van der Waals surface area contributed by atoms with Crippen molar-refractivity contribution in [3.63, 3.8) is 0 Å². The Morgan fingerprint density at radius 3 is 2.24 bits per heavy atom. The number of cyclic esters (lactones) is 1. The zero-order valence-electron chi connectivity index (χ0n) is 37.2. The number of rotatable bonds is 17. The molecule has 14 nitrogen and oxygen atoms in total. The first kappa shape index (κ1) is 52.3. The van der Waals surface area contributed by atoms with Crippen molar-refractivity contribution < 1.29 is 63.2 Å². The van der Waals surface area contributed by atoms with E-state index in [0.29, 0.717) is 37.7 Å². The molecule has 0 spiro atoms. The molecule has 0 saturated heterocycles. The number of ketones is 1. The van der Waals surface area contributed by atoms with Gasteiger partial charge in [0.15, 0.2) is 0 Å². The number of hydrogen-bond donors (Lipinski definition) is 4. The lowest BCUT2D eigenvalue weighted by atomic mass is 9.78. The molecule has 0 fully saturated rings. The Morgan fingerprint density at radius 2 is 1.64 bits per heavy atom. The normalized spacial score (nSPS) is 32.3. The van der Waals surface area contributed by atoms with Crippen molar-refractivity contribution in [3.8, 4) is 0 Å². The smallest absolute Gasteiger partial charge is 0.331 e. The predicted molar refractivity (Wildman–Crippen MR) is 224 cm³/mol. The van der Waals surface area contributed by atoms with E-state index < -0.39 is 84.6 Å². The molecule has 14 heteroatoms. The Labute approximate surface area is 352 Å². The van der Waals surface area contributed by atoms with Crippen molar-refractivity contribution in [3.05, 3.63) is 48.2 Å². The number of carbonyl (C=O) groups excluding carboxylic acids is 3. The van der Waals surface area contributed by atoms with E-state index in [4.69, 9.17) is 28.4 Å². The molecule has 0 aromatic heterocycles. The number of carbonyl (C=O) groups is 3. The van der Waals surface area contributed by atoms with Crippen molar-refractivity contribution >= 4 is 18.2 Å². The molecular formula is C45H75NO13. The largest absolute Gasteiger partial charge is 0.458 e. The van der Waals surface area contributed by atoms with Crippen LogP contribution in [0.1, 0.15) is 80.1 Å². The van der Waals surface area contributed by atoms with Gasteiger partial charge in [0.05, 0.1) is 61.5 Å². The molecule has 2 aliphatic rings. The van der Waals surface area contributed by atoms with Gasteiger partial charge in [-0.25, -0.2) is 4.79 Å². The summed E-state index contributed by atoms with van der Waals surface area (Å²) in [6.45, 7) is 10.7. The van der Waals surface area contributed by atoms with Crippen LogP contribution in [0.2, 0.25) is 0 Å². The molecule has 0 radical (unpaired) electrons. The lowest BCUT2D eigenvalue weighted by Crippen LogP contribution is -2.47. The van der Waals surface area contributed by atoms with Crippen LogP contribution in [-0.2, 0) is 42.8 Å². The van der Waals surface area contributed by atoms with Gasteiger partial charge in [0, 0.05) is 103 Å². The SMILES string of the molecule is COC1CC(OC)C(CO)C(OC)CC2CC=CC(CC(O)C(O)C=C(C)C=CC(=O)OC(C(C)C(O)C(C)CCC(=O)C(C)C(OC)C(C)C=CN(C)C=O)C1C)O2. The number of aliphatic hydroxyl groups is 4. The number of aliphatic hydroxyl groups excluding tert-OH is 4. The molecule has 2 rings (SSSR count). The molecule has 0 aromatic carbocycles. The van der Waals surface area contributed by atoms with E-state index in [9.17, 15) is 34.8 Å². The number of ether oxygens (including phenoxy) is 6. The first-order valence-electron chi connectivity index (χ1n) is 21.0. The maximum Gasteiger partial charge on any atom is 0.331 e. The highest BCUT2D eigenvalue weighted by Gasteiger charge is 2.41. The third-order valence-corrected chi connectivity index (χ3v) is 12.4. The first-order valence-corrected chi connectivity index (χ1v) is 21.0. The number of hydrogen-bond acceptors (Lipinski definition) is 13. The average Bonchev–Trinajstić information content (AvgIpc) is 3.22. The van der Waals surface area contributed by atoms with E-state index in [1.807, 2.05) is 45.9 Å². The molecule has 4 N–H and O–H groups in total. The standard InChI is InChI=1S/C45H75NO13/c1-27-15-18-42(52)59-45(32(6)43(53)28(2)16-17-36(49)30(4)44(57-11)29(3)19-20-46(7)26-48)31(5)39(54-8)24-41(56-10)35(25-47)40(55-9)23-34-14-12-13-33(58-34)22-38(51)37(50)21-27/h12-13,15,18-21,26,28-35,37-41,43-45,47,50-51,53H,14,16-17,22-25H2,1-11H3. The zero-order valence-corrected chi connectivity index (χ0v) is 37.2. The average molecular weight is 838 g/mol. The summed E-state index contributed by atoms with van der Waals surface area (Å²) in [7, 11) is 7.87. The van der Waals surface area contributed by atoms with Crippen molar-refractivity contribution in [2.24, 2.45) is 35.5 Å². The monoisotopic (exact) mass is 838 g/mol. The maximum absolute atomic E-state index is 13.5. The summed E-state index contributed by atoms with van der Waals surface area (Å²) in [5.41, 5.74) is 0.524. The summed E-state index contributed by atoms with van der Waals surface area (Å²) >= 11 is 0. The predicted octanol–water partition coefficient (Wildman–Crippen LogP) is 4.18. The van der Waals surface area contributed by atoms with Crippen LogP contribution >= 0.6 is 0 Å². The molecule has 1 amide bonds. The third-order valence-electron chi connectivity index (χ3n) is 12.4. The van der Waals surface area contributed by atoms with E-state index in [0.717, 1.165) is 0 Å². The second kappa shape index (κ2) is 26.5. The van der Waals surface area contributed by atoms with Gasteiger partial charge in [-0.1, -0.05) is 70.6 Å². The summed E-state index contributed by atoms with van der Waals surface area (Å²) in [4.78, 5) is 39.4. The fraction of sp³-hybridized carbons (Fsp3) is 0.756. The highest BCUT2D eigenvalue weighted by Crippen LogP contribution is 2.34. The van der Waals surface area contributed by atoms with Crippen LogP contribution in [0, 0.1) is 35.5 Å². The molecule has 16 unspecified atom stereocenters. The minimum Gasteiger partial charge on any atom is -0.458 e. The van der Waals surface area contributed by atoms with Gasteiger partial charge >= 0.3 is 5.97 Å². The highest BCUT2D eigenvalue weighted by molar-refractivity contribution is 5.82. The van der Waals surface area contributed by atoms with E-state index >= 15 is 0 Å². The van der Waals surface area contributed by atoms with Crippen molar-refractivity contribution in [2.45, 2.75) is 141 Å². The second-order valence-electron chi connectivity index (χ2n) is 16.7. The summed E-state index contributed by atoms with van der Waals surface area (Å²) in [6, 6.07) is 0. The molecule has 0 aromatic rings. The van der Waals surface area contributed by atoms with Crippen LogP contribution in [0.4, 0.5) is 0 Å². The summed E-state index contributed by atoms with van der Waals surface area (Å²) in [5.74, 6) is -3.27. The van der Waals surface area contributed by atoms with Crippen LogP contribution in [-0.4, -0.2) is 147 Å². The summed E-state index contributed by atoms with van der Waals surface area (Å²) < 4.78 is 36.1. The Balaban J connectivity index is 2.43. The number of fused-ring (bicyclic) bond motifs is 2. The van der Waals surface area contributed by atoms with Crippen molar-refractivity contribution in [1.29, 1.82) is 0 Å². The lowest BCUT2D eigenvalue weighted by Gasteiger charge is -2.39. The number of nitrogens with zero attached hydrogens (tertiary/aromatic N) is 1. The number of Topliss-reactive ketones (excluding diaryl/α,β-unsaturated/α-hetero) is 1. The van der Waals surface area contributed by atoms with Gasteiger partial charge in [0.1, 0.15) is 11.9 Å². The quantitative estimate of drug-likeness (QED) is 0.0929. The van der Waals surface area contributed by atoms with Crippen LogP contribution in [0.25, 0.3) is 0 Å². The number of amides is 1. The minimum absolute atomic E-state index is 0.0229. The molecule has 2 heterocycles. The third kappa shape index (κ3) is 16.2. The van der Waals surface area contributed by atoms with Crippen molar-refractivity contribution in [2.75, 3.05) is 42.1 Å². The van der Waals surface area contributed by atoms with E-state index in [2.05, 4.69) is 0 Å². The van der Waals surface area contributed by atoms with E-state index in [1.54, 1.807) is 55.5 Å². The fourth-order valence-corrected chi connectivity index (χ4v) is 8.44. The molecule has 2 bridgehead atoms. The van der Waals surface area contributed by atoms with Gasteiger partial charge in [-0.3, -0.25) is 9.59 Å². The first-order chi connectivity index (χ1) is 28.0. The van der Waals surface area contributed by atoms with Gasteiger partial charge in [0.25, 0.3) is 0 Å². The zero-order chi connectivity index (χ0) is 44.4. The topological polar surface area (TPSA) is 191 Å². The van der Waals surface area contributed by atoms with E-state index in [1.165, 1.54) is 23.1 Å². The fourth-order valence-electron chi connectivity index (χ4n) is 8.44. The molecule has 59 heavy (non-hydrogen) atoms. The maximum atomic E-state index is 13.5. The van der Waals surface area contributed by atoms with Crippen LogP contribution < -0.4 is 0 Å². The van der Waals surface area contributed by atoms with Gasteiger partial charge in [-0.05, 0) is 25.7 Å². The van der Waals surface area contributed by atoms with Crippen LogP contribution in [0.5, 0.6) is 0 Å². The molecule has 0 aliphatic carbocycles. The highest BCUT2D eigenvalue weighted by atomic mass is 16.5. The molecule has 338 valence electrons. The number of esters is 1. The van der Waals surface area contributed by atoms with Crippen molar-refractivity contribution in [1.82, 2.24) is 4.90 Å². The van der Waals surface area contributed by atoms with Crippen LogP contribution in [0.15, 0.2) is 48.2 Å². The van der Waals surface area contributed by atoms with Gasteiger partial charge in [-0.2, -0.15) is 0 Å². The molecule has 16 atom stereocenters. The summed E-state index contributed by atoms with van der Waals surface area (Å²) in [6.07, 6.45) is 7.27. The summed E-state index contributed by atoms with van der Waals surface area (Å²) in [5, 5.41) is 44.2. The lowest BCUT2D eigenvalue weighted by molar-refractivity contribution is -0.159. The molecule has 2 aliphatic heterocycles.